The minimum Gasteiger partial charge on any atom is -0.479 e. The first kappa shape index (κ1) is 25.7. The molecule has 1 aliphatic rings. The van der Waals surface area contributed by atoms with Gasteiger partial charge in [-0.15, -0.1) is 0 Å². The molecule has 182 valence electrons. The molecule has 0 spiro atoms. The number of carbonyl (C=O) groups is 3. The van der Waals surface area contributed by atoms with Crippen molar-refractivity contribution >= 4 is 29.4 Å². The molecular weight excluding hydrogens is 460 g/mol. The highest BCUT2D eigenvalue weighted by atomic mass is 35.5. The maximum atomic E-state index is 12.7. The molecule has 3 atom stereocenters. The fraction of sp³-hybridized carbons (Fsp3) is 0.400. The minimum absolute atomic E-state index is 0.0516. The predicted octanol–water partition coefficient (Wildman–Crippen LogP) is 2.10. The molecule has 2 aromatic rings. The van der Waals surface area contributed by atoms with E-state index in [1.807, 2.05) is 42.5 Å². The first-order chi connectivity index (χ1) is 16.3. The molecule has 0 saturated carbocycles. The van der Waals surface area contributed by atoms with Crippen molar-refractivity contribution in [2.75, 3.05) is 19.7 Å². The Kier molecular flexibility index (Phi) is 9.04. The molecule has 2 amide bonds. The summed E-state index contributed by atoms with van der Waals surface area (Å²) in [7, 11) is 0. The van der Waals surface area contributed by atoms with Crippen LogP contribution in [0.3, 0.4) is 0 Å². The van der Waals surface area contributed by atoms with Gasteiger partial charge in [0.05, 0.1) is 0 Å². The predicted molar refractivity (Wildman–Crippen MR) is 127 cm³/mol. The van der Waals surface area contributed by atoms with Crippen LogP contribution >= 0.6 is 11.6 Å². The minimum atomic E-state index is -1.68. The molecule has 1 heterocycles. The summed E-state index contributed by atoms with van der Waals surface area (Å²) in [6.45, 7) is 0.677. The molecule has 0 aromatic heterocycles. The second-order valence-electron chi connectivity index (χ2n) is 8.61. The van der Waals surface area contributed by atoms with E-state index in [1.54, 1.807) is 6.07 Å². The van der Waals surface area contributed by atoms with Crippen molar-refractivity contribution < 1.29 is 29.7 Å². The number of halogens is 1. The Labute approximate surface area is 203 Å². The highest BCUT2D eigenvalue weighted by Gasteiger charge is 2.30. The largest absolute Gasteiger partial charge is 0.479 e. The van der Waals surface area contributed by atoms with Crippen LogP contribution in [0.4, 0.5) is 0 Å². The number of nitrogens with zero attached hydrogens (tertiary/aromatic N) is 1. The van der Waals surface area contributed by atoms with Gasteiger partial charge in [0.25, 0.3) is 0 Å². The van der Waals surface area contributed by atoms with Crippen LogP contribution in [0.5, 0.6) is 0 Å². The van der Waals surface area contributed by atoms with Gasteiger partial charge in [0.15, 0.2) is 6.10 Å². The topological polar surface area (TPSA) is 127 Å². The van der Waals surface area contributed by atoms with Crippen molar-refractivity contribution in [2.24, 2.45) is 5.92 Å². The summed E-state index contributed by atoms with van der Waals surface area (Å²) in [6, 6.07) is 14.1. The van der Waals surface area contributed by atoms with Crippen LogP contribution in [0, 0.1) is 5.92 Å². The van der Waals surface area contributed by atoms with Gasteiger partial charge < -0.3 is 25.5 Å². The number of benzene rings is 2. The first-order valence-corrected chi connectivity index (χ1v) is 11.6. The van der Waals surface area contributed by atoms with Crippen molar-refractivity contribution in [3.05, 3.63) is 59.1 Å². The molecule has 1 fully saturated rings. The third-order valence-corrected chi connectivity index (χ3v) is 6.22. The molecule has 4 N–H and O–H groups in total. The average molecular weight is 489 g/mol. The van der Waals surface area contributed by atoms with E-state index >= 15 is 0 Å². The number of piperidine rings is 1. The lowest BCUT2D eigenvalue weighted by atomic mass is 9.97. The summed E-state index contributed by atoms with van der Waals surface area (Å²) < 4.78 is 0. The number of carbonyl (C=O) groups excluding carboxylic acids is 2. The maximum Gasteiger partial charge on any atom is 0.332 e. The summed E-state index contributed by atoms with van der Waals surface area (Å²) in [5, 5.41) is 31.6. The number of nitrogens with one attached hydrogen (secondary N) is 1. The van der Waals surface area contributed by atoms with Gasteiger partial charge in [0.1, 0.15) is 0 Å². The van der Waals surface area contributed by atoms with Crippen molar-refractivity contribution in [2.45, 2.75) is 37.8 Å². The van der Waals surface area contributed by atoms with Gasteiger partial charge in [-0.25, -0.2) is 4.79 Å². The van der Waals surface area contributed by atoms with Gasteiger partial charge in [-0.05, 0) is 54.0 Å². The number of rotatable bonds is 8. The van der Waals surface area contributed by atoms with E-state index in [0.29, 0.717) is 24.5 Å². The molecule has 0 bridgehead atoms. The Balaban J connectivity index is 1.69. The lowest BCUT2D eigenvalue weighted by Crippen LogP contribution is -2.51. The monoisotopic (exact) mass is 488 g/mol. The van der Waals surface area contributed by atoms with E-state index in [1.165, 1.54) is 4.90 Å². The van der Waals surface area contributed by atoms with E-state index in [2.05, 4.69) is 5.32 Å². The zero-order valence-electron chi connectivity index (χ0n) is 18.7. The molecule has 1 saturated heterocycles. The van der Waals surface area contributed by atoms with Crippen LogP contribution in [-0.2, 0) is 20.8 Å². The third-order valence-electron chi connectivity index (χ3n) is 5.98. The zero-order chi connectivity index (χ0) is 24.7. The maximum absolute atomic E-state index is 12.7. The molecule has 8 nitrogen and oxygen atoms in total. The lowest BCUT2D eigenvalue weighted by Gasteiger charge is -2.31. The third kappa shape index (κ3) is 7.03. The number of aliphatic carboxylic acids is 1. The molecule has 9 heteroatoms. The first-order valence-electron chi connectivity index (χ1n) is 11.2. The zero-order valence-corrected chi connectivity index (χ0v) is 19.4. The van der Waals surface area contributed by atoms with Gasteiger partial charge in [0, 0.05) is 37.2 Å². The Morgan fingerprint density at radius 2 is 1.85 bits per heavy atom. The Morgan fingerprint density at radius 1 is 1.12 bits per heavy atom. The van der Waals surface area contributed by atoms with Crippen LogP contribution in [-0.4, -0.2) is 69.8 Å². The molecule has 0 radical (unpaired) electrons. The van der Waals surface area contributed by atoms with E-state index in [-0.39, 0.29) is 25.4 Å². The van der Waals surface area contributed by atoms with Crippen LogP contribution in [0.25, 0.3) is 11.1 Å². The van der Waals surface area contributed by atoms with Crippen LogP contribution in [0.15, 0.2) is 48.5 Å². The lowest BCUT2D eigenvalue weighted by molar-refractivity contribution is -0.149. The molecule has 34 heavy (non-hydrogen) atoms. The van der Waals surface area contributed by atoms with Gasteiger partial charge in [-0.2, -0.15) is 0 Å². The van der Waals surface area contributed by atoms with Crippen molar-refractivity contribution in [1.29, 1.82) is 0 Å². The fourth-order valence-corrected chi connectivity index (χ4v) is 4.33. The number of carboxylic acids is 1. The quantitative estimate of drug-likeness (QED) is 0.421. The van der Waals surface area contributed by atoms with Gasteiger partial charge in [0.2, 0.25) is 0 Å². The normalized spacial score (nSPS) is 17.6. The number of amides is 2. The van der Waals surface area contributed by atoms with Crippen LogP contribution in [0.1, 0.15) is 24.8 Å². The van der Waals surface area contributed by atoms with E-state index < -0.39 is 29.9 Å². The summed E-state index contributed by atoms with van der Waals surface area (Å²) in [5.41, 5.74) is 2.69. The summed E-state index contributed by atoms with van der Waals surface area (Å²) >= 11 is 6.06. The van der Waals surface area contributed by atoms with Crippen molar-refractivity contribution in [3.8, 4) is 11.1 Å². The molecule has 3 rings (SSSR count). The van der Waals surface area contributed by atoms with Gasteiger partial charge in [-0.3, -0.25) is 9.59 Å². The highest BCUT2D eigenvalue weighted by Crippen LogP contribution is 2.23. The standard InChI is InChI=1S/C25H29ClN2O6/c26-20-5-1-4-19(12-20)18-8-6-16(7-9-18)11-21(13-22(30)25(33)34)27-23(31)24(32)28-10-2-3-17(14-28)15-29/h1,4-9,12,17,21-22,29-30H,2-3,10-11,13-15H2,(H,27,31)(H,33,34). The Hall–Kier alpha value is -2.94. The molecule has 2 aromatic carbocycles. The number of likely N-dealkylation sites (tertiary alicyclic amines) is 1. The van der Waals surface area contributed by atoms with Gasteiger partial charge >= 0.3 is 17.8 Å². The molecular formula is C25H29ClN2O6. The van der Waals surface area contributed by atoms with E-state index in [4.69, 9.17) is 16.7 Å². The fourth-order valence-electron chi connectivity index (χ4n) is 4.14. The number of aliphatic hydroxyl groups excluding tert-OH is 2. The highest BCUT2D eigenvalue weighted by molar-refractivity contribution is 6.35. The number of aliphatic hydroxyl groups is 2. The van der Waals surface area contributed by atoms with Crippen molar-refractivity contribution in [3.63, 3.8) is 0 Å². The van der Waals surface area contributed by atoms with Crippen LogP contribution < -0.4 is 5.32 Å². The van der Waals surface area contributed by atoms with Crippen molar-refractivity contribution in [1.82, 2.24) is 10.2 Å². The second kappa shape index (κ2) is 12.0. The summed E-state index contributed by atoms with van der Waals surface area (Å²) in [6.07, 6.45) is -0.201. The molecule has 0 aliphatic carbocycles. The number of hydrogen-bond donors (Lipinski definition) is 4. The molecule has 1 aliphatic heterocycles. The summed E-state index contributed by atoms with van der Waals surface area (Å²) in [4.78, 5) is 37.9. The summed E-state index contributed by atoms with van der Waals surface area (Å²) in [5.74, 6) is -3.03. The van der Waals surface area contributed by atoms with E-state index in [9.17, 15) is 24.6 Å². The second-order valence-corrected chi connectivity index (χ2v) is 9.05. The Morgan fingerprint density at radius 3 is 2.50 bits per heavy atom. The molecule has 3 unspecified atom stereocenters. The number of hydrogen-bond acceptors (Lipinski definition) is 5. The van der Waals surface area contributed by atoms with Gasteiger partial charge in [-0.1, -0.05) is 48.0 Å². The van der Waals surface area contributed by atoms with E-state index in [0.717, 1.165) is 23.1 Å². The van der Waals surface area contributed by atoms with Crippen LogP contribution in [0.2, 0.25) is 5.02 Å². The SMILES string of the molecule is O=C(NC(Cc1ccc(-c2cccc(Cl)c2)cc1)CC(O)C(=O)O)C(=O)N1CCCC(CO)C1. The Bertz CT molecular complexity index is 1010. The number of carboxylic acid groups (broad SMARTS) is 1. The smallest absolute Gasteiger partial charge is 0.332 e. The average Bonchev–Trinajstić information content (AvgIpc) is 2.83.